The molecule has 0 aromatic heterocycles. The van der Waals surface area contributed by atoms with E-state index in [1.807, 2.05) is 0 Å². The summed E-state index contributed by atoms with van der Waals surface area (Å²) in [7, 11) is 0. The van der Waals surface area contributed by atoms with Gasteiger partial charge in [-0.25, -0.2) is 0 Å². The minimum atomic E-state index is 0.280. The van der Waals surface area contributed by atoms with Crippen molar-refractivity contribution in [2.24, 2.45) is 17.2 Å². The first-order valence-electron chi connectivity index (χ1n) is 6.99. The number of hydrazine groups is 1. The number of aryl methyl sites for hydroxylation is 1. The number of nitrogens with two attached hydrogens (primary N) is 1. The van der Waals surface area contributed by atoms with Crippen molar-refractivity contribution in [2.75, 3.05) is 0 Å². The number of rotatable bonds is 3. The zero-order valence-electron chi connectivity index (χ0n) is 12.1. The molecule has 2 heteroatoms. The first kappa shape index (κ1) is 13.6. The fraction of sp³-hybridized carbons (Fsp3) is 0.625. The highest BCUT2D eigenvalue weighted by molar-refractivity contribution is 5.36. The second-order valence-electron chi connectivity index (χ2n) is 6.42. The van der Waals surface area contributed by atoms with Gasteiger partial charge < -0.3 is 0 Å². The van der Waals surface area contributed by atoms with Crippen molar-refractivity contribution in [3.8, 4) is 0 Å². The van der Waals surface area contributed by atoms with Gasteiger partial charge in [0.1, 0.15) is 0 Å². The van der Waals surface area contributed by atoms with Crippen LogP contribution in [0.2, 0.25) is 0 Å². The van der Waals surface area contributed by atoms with Gasteiger partial charge in [0.15, 0.2) is 0 Å². The van der Waals surface area contributed by atoms with E-state index in [4.69, 9.17) is 5.84 Å². The molecular weight excluding hydrogens is 220 g/mol. The summed E-state index contributed by atoms with van der Waals surface area (Å²) >= 11 is 0. The molecule has 1 fully saturated rings. The quantitative estimate of drug-likeness (QED) is 0.631. The van der Waals surface area contributed by atoms with Crippen molar-refractivity contribution in [3.63, 3.8) is 0 Å². The monoisotopic (exact) mass is 246 g/mol. The Morgan fingerprint density at radius 2 is 2.06 bits per heavy atom. The average Bonchev–Trinajstić information content (AvgIpc) is 2.66. The summed E-state index contributed by atoms with van der Waals surface area (Å²) in [6.45, 7) is 9.13. The molecule has 18 heavy (non-hydrogen) atoms. The third-order valence-corrected chi connectivity index (χ3v) is 4.90. The highest BCUT2D eigenvalue weighted by Gasteiger charge is 2.40. The number of benzene rings is 1. The smallest absolute Gasteiger partial charge is 0.0495 e. The molecule has 100 valence electrons. The number of hydrogen-bond acceptors (Lipinski definition) is 2. The molecule has 0 heterocycles. The van der Waals surface area contributed by atoms with E-state index in [2.05, 4.69) is 51.3 Å². The topological polar surface area (TPSA) is 38.0 Å². The van der Waals surface area contributed by atoms with Crippen LogP contribution in [0.1, 0.15) is 55.8 Å². The number of hydrogen-bond donors (Lipinski definition) is 2. The first-order valence-corrected chi connectivity index (χ1v) is 6.99. The highest BCUT2D eigenvalue weighted by atomic mass is 15.2. The third kappa shape index (κ3) is 2.32. The van der Waals surface area contributed by atoms with E-state index in [0.717, 1.165) is 0 Å². The Hall–Kier alpha value is -0.860. The molecule has 1 aliphatic rings. The van der Waals surface area contributed by atoms with Gasteiger partial charge in [-0.1, -0.05) is 38.5 Å². The van der Waals surface area contributed by atoms with E-state index >= 15 is 0 Å². The molecule has 1 aliphatic carbocycles. The predicted octanol–water partition coefficient (Wildman–Crippen LogP) is 3.63. The summed E-state index contributed by atoms with van der Waals surface area (Å²) in [6, 6.07) is 6.82. The predicted molar refractivity (Wildman–Crippen MR) is 77.1 cm³/mol. The Kier molecular flexibility index (Phi) is 3.79. The summed E-state index contributed by atoms with van der Waals surface area (Å²) in [6.07, 6.45) is 3.90. The SMILES string of the molecule is Cc1cccc(C(NN)C2CCCC2(C)C)c1C. The molecular formula is C16H26N2. The van der Waals surface area contributed by atoms with Crippen molar-refractivity contribution in [3.05, 3.63) is 34.9 Å². The summed E-state index contributed by atoms with van der Waals surface area (Å²) in [5.41, 5.74) is 7.57. The fourth-order valence-electron chi connectivity index (χ4n) is 3.50. The largest absolute Gasteiger partial charge is 0.271 e. The van der Waals surface area contributed by atoms with E-state index in [1.54, 1.807) is 0 Å². The van der Waals surface area contributed by atoms with Gasteiger partial charge in [0.2, 0.25) is 0 Å². The maximum Gasteiger partial charge on any atom is 0.0495 e. The molecule has 1 saturated carbocycles. The molecule has 0 saturated heterocycles. The molecule has 3 N–H and O–H groups in total. The second-order valence-corrected chi connectivity index (χ2v) is 6.42. The normalized spacial score (nSPS) is 24.2. The summed E-state index contributed by atoms with van der Waals surface area (Å²) < 4.78 is 0. The first-order chi connectivity index (χ1) is 8.47. The number of nitrogens with one attached hydrogen (secondary N) is 1. The van der Waals surface area contributed by atoms with Gasteiger partial charge in [0.25, 0.3) is 0 Å². The Bertz CT molecular complexity index is 423. The Labute approximate surface area is 111 Å². The molecule has 2 unspecified atom stereocenters. The van der Waals surface area contributed by atoms with Crippen LogP contribution in [0.3, 0.4) is 0 Å². The van der Waals surface area contributed by atoms with Crippen molar-refractivity contribution >= 4 is 0 Å². The van der Waals surface area contributed by atoms with Crippen molar-refractivity contribution in [1.29, 1.82) is 0 Å². The van der Waals surface area contributed by atoms with Crippen LogP contribution < -0.4 is 11.3 Å². The maximum absolute atomic E-state index is 5.87. The zero-order chi connectivity index (χ0) is 13.3. The van der Waals surface area contributed by atoms with Crippen LogP contribution in [-0.4, -0.2) is 0 Å². The molecule has 2 rings (SSSR count). The molecule has 0 radical (unpaired) electrons. The van der Waals surface area contributed by atoms with Crippen LogP contribution in [0.25, 0.3) is 0 Å². The van der Waals surface area contributed by atoms with Crippen LogP contribution in [0.15, 0.2) is 18.2 Å². The molecule has 2 nitrogen and oxygen atoms in total. The van der Waals surface area contributed by atoms with Crippen LogP contribution in [-0.2, 0) is 0 Å². The standard InChI is InChI=1S/C16H26N2/c1-11-7-5-8-13(12(11)2)15(18-17)14-9-6-10-16(14,3)4/h5,7-8,14-15,18H,6,9-10,17H2,1-4H3. The van der Waals surface area contributed by atoms with Gasteiger partial charge in [-0.3, -0.25) is 11.3 Å². The van der Waals surface area contributed by atoms with Gasteiger partial charge in [0, 0.05) is 6.04 Å². The van der Waals surface area contributed by atoms with Gasteiger partial charge in [-0.05, 0) is 54.7 Å². The maximum atomic E-state index is 5.87. The lowest BCUT2D eigenvalue weighted by Crippen LogP contribution is -2.38. The summed E-state index contributed by atoms with van der Waals surface area (Å²) in [5.74, 6) is 6.50. The minimum Gasteiger partial charge on any atom is -0.271 e. The lowest BCUT2D eigenvalue weighted by atomic mass is 9.75. The van der Waals surface area contributed by atoms with Gasteiger partial charge in [-0.2, -0.15) is 0 Å². The van der Waals surface area contributed by atoms with Crippen LogP contribution >= 0.6 is 0 Å². The van der Waals surface area contributed by atoms with Crippen LogP contribution in [0.5, 0.6) is 0 Å². The van der Waals surface area contributed by atoms with Gasteiger partial charge in [-0.15, -0.1) is 0 Å². The third-order valence-electron chi connectivity index (χ3n) is 4.90. The molecule has 1 aromatic rings. The molecule has 0 bridgehead atoms. The van der Waals surface area contributed by atoms with Crippen LogP contribution in [0, 0.1) is 25.2 Å². The van der Waals surface area contributed by atoms with Crippen molar-refractivity contribution in [1.82, 2.24) is 5.43 Å². The second kappa shape index (κ2) is 5.02. The van der Waals surface area contributed by atoms with Crippen molar-refractivity contribution < 1.29 is 0 Å². The molecule has 2 atom stereocenters. The lowest BCUT2D eigenvalue weighted by Gasteiger charge is -2.35. The average molecular weight is 246 g/mol. The summed E-state index contributed by atoms with van der Waals surface area (Å²) in [5, 5.41) is 0. The van der Waals surface area contributed by atoms with E-state index in [-0.39, 0.29) is 6.04 Å². The van der Waals surface area contributed by atoms with Gasteiger partial charge >= 0.3 is 0 Å². The lowest BCUT2D eigenvalue weighted by molar-refractivity contribution is 0.198. The van der Waals surface area contributed by atoms with E-state index in [1.165, 1.54) is 36.0 Å². The van der Waals surface area contributed by atoms with Crippen LogP contribution in [0.4, 0.5) is 0 Å². The summed E-state index contributed by atoms with van der Waals surface area (Å²) in [4.78, 5) is 0. The van der Waals surface area contributed by atoms with Gasteiger partial charge in [0.05, 0.1) is 0 Å². The Morgan fingerprint density at radius 3 is 2.61 bits per heavy atom. The molecule has 1 aromatic carbocycles. The van der Waals surface area contributed by atoms with E-state index < -0.39 is 0 Å². The zero-order valence-corrected chi connectivity index (χ0v) is 12.1. The molecule has 0 aliphatic heterocycles. The molecule has 0 amide bonds. The Balaban J connectivity index is 2.37. The molecule has 0 spiro atoms. The van der Waals surface area contributed by atoms with Crippen molar-refractivity contribution in [2.45, 2.75) is 53.0 Å². The Morgan fingerprint density at radius 1 is 1.33 bits per heavy atom. The van der Waals surface area contributed by atoms with E-state index in [9.17, 15) is 0 Å². The fourth-order valence-corrected chi connectivity index (χ4v) is 3.50. The van der Waals surface area contributed by atoms with E-state index in [0.29, 0.717) is 11.3 Å². The minimum absolute atomic E-state index is 0.280. The highest BCUT2D eigenvalue weighted by Crippen LogP contribution is 2.48.